The van der Waals surface area contributed by atoms with Crippen molar-refractivity contribution in [3.05, 3.63) is 22.8 Å². The van der Waals surface area contributed by atoms with Crippen LogP contribution in [0, 0.1) is 0 Å². The zero-order valence-corrected chi connectivity index (χ0v) is 13.3. The Balaban J connectivity index is 2.68. The van der Waals surface area contributed by atoms with Crippen LogP contribution in [0.3, 0.4) is 0 Å². The number of nitrogens with one attached hydrogen (secondary N) is 2. The van der Waals surface area contributed by atoms with E-state index in [0.29, 0.717) is 16.4 Å². The Morgan fingerprint density at radius 2 is 2.20 bits per heavy atom. The van der Waals surface area contributed by atoms with E-state index >= 15 is 0 Å². The number of hydrogen-bond acceptors (Lipinski definition) is 4. The van der Waals surface area contributed by atoms with Crippen LogP contribution in [-0.4, -0.2) is 49.0 Å². The molecular formula is C14H23ClN4O. The van der Waals surface area contributed by atoms with E-state index in [9.17, 15) is 4.79 Å². The van der Waals surface area contributed by atoms with E-state index in [-0.39, 0.29) is 11.9 Å². The van der Waals surface area contributed by atoms with Crippen molar-refractivity contribution in [1.82, 2.24) is 15.2 Å². The molecule has 0 aliphatic rings. The molecule has 1 aromatic rings. The molecule has 0 aliphatic carbocycles. The highest BCUT2D eigenvalue weighted by atomic mass is 35.5. The van der Waals surface area contributed by atoms with Gasteiger partial charge in [-0.15, -0.1) is 0 Å². The van der Waals surface area contributed by atoms with Crippen molar-refractivity contribution < 1.29 is 4.79 Å². The minimum atomic E-state index is -0.164. The van der Waals surface area contributed by atoms with Gasteiger partial charge in [0.25, 0.3) is 5.91 Å². The molecule has 0 saturated carbocycles. The van der Waals surface area contributed by atoms with Crippen LogP contribution in [0.2, 0.25) is 5.02 Å². The maximum absolute atomic E-state index is 12.2. The molecule has 0 aromatic carbocycles. The number of pyridine rings is 1. The molecule has 0 bridgehead atoms. The summed E-state index contributed by atoms with van der Waals surface area (Å²) in [5.74, 6) is 0.491. The Labute approximate surface area is 125 Å². The van der Waals surface area contributed by atoms with Crippen LogP contribution in [0.1, 0.15) is 30.6 Å². The average molecular weight is 299 g/mol. The van der Waals surface area contributed by atoms with E-state index in [1.165, 1.54) is 6.20 Å². The highest BCUT2D eigenvalue weighted by Gasteiger charge is 2.14. The molecule has 1 aromatic heterocycles. The largest absolute Gasteiger partial charge is 0.370 e. The number of hydrogen-bond donors (Lipinski definition) is 2. The molecule has 1 rings (SSSR count). The van der Waals surface area contributed by atoms with E-state index < -0.39 is 0 Å². The van der Waals surface area contributed by atoms with Gasteiger partial charge in [0.05, 0.1) is 10.6 Å². The van der Waals surface area contributed by atoms with Crippen molar-refractivity contribution in [3.8, 4) is 0 Å². The predicted octanol–water partition coefficient (Wildman–Crippen LogP) is 2.24. The summed E-state index contributed by atoms with van der Waals surface area (Å²) in [6.07, 6.45) is 2.39. The number of rotatable bonds is 7. The van der Waals surface area contributed by atoms with E-state index in [1.54, 1.807) is 6.07 Å². The van der Waals surface area contributed by atoms with Crippen molar-refractivity contribution in [3.63, 3.8) is 0 Å². The number of nitrogens with zero attached hydrogens (tertiary/aromatic N) is 2. The van der Waals surface area contributed by atoms with Crippen LogP contribution in [-0.2, 0) is 0 Å². The number of anilines is 1. The van der Waals surface area contributed by atoms with Crippen LogP contribution in [0.15, 0.2) is 12.3 Å². The van der Waals surface area contributed by atoms with E-state index in [4.69, 9.17) is 11.6 Å². The minimum absolute atomic E-state index is 0.0942. The molecule has 0 spiro atoms. The van der Waals surface area contributed by atoms with Gasteiger partial charge in [-0.2, -0.15) is 0 Å². The highest BCUT2D eigenvalue weighted by molar-refractivity contribution is 6.33. The number of amides is 1. The van der Waals surface area contributed by atoms with Gasteiger partial charge in [-0.25, -0.2) is 4.98 Å². The van der Waals surface area contributed by atoms with Crippen LogP contribution in [0.25, 0.3) is 0 Å². The molecule has 20 heavy (non-hydrogen) atoms. The zero-order chi connectivity index (χ0) is 15.1. The van der Waals surface area contributed by atoms with Gasteiger partial charge < -0.3 is 15.5 Å². The van der Waals surface area contributed by atoms with Crippen molar-refractivity contribution in [2.45, 2.75) is 26.3 Å². The monoisotopic (exact) mass is 298 g/mol. The molecule has 112 valence electrons. The normalized spacial score (nSPS) is 12.3. The van der Waals surface area contributed by atoms with Gasteiger partial charge in [0.2, 0.25) is 0 Å². The van der Waals surface area contributed by atoms with Crippen LogP contribution in [0.4, 0.5) is 5.82 Å². The fourth-order valence-electron chi connectivity index (χ4n) is 1.72. The molecule has 0 radical (unpaired) electrons. The minimum Gasteiger partial charge on any atom is -0.370 e. The smallest absolute Gasteiger partial charge is 0.253 e. The average Bonchev–Trinajstić information content (AvgIpc) is 2.38. The Kier molecular flexibility index (Phi) is 6.75. The Hall–Kier alpha value is -1.33. The lowest BCUT2D eigenvalue weighted by molar-refractivity contribution is 0.0937. The highest BCUT2D eigenvalue weighted by Crippen LogP contribution is 2.18. The number of halogens is 1. The maximum Gasteiger partial charge on any atom is 0.253 e. The van der Waals surface area contributed by atoms with Gasteiger partial charge in [0.15, 0.2) is 0 Å². The third kappa shape index (κ3) is 5.35. The number of carbonyl (C=O) groups excluding carboxylic acids is 1. The molecule has 1 atom stereocenters. The third-order valence-corrected chi connectivity index (χ3v) is 3.15. The van der Waals surface area contributed by atoms with Crippen LogP contribution in [0.5, 0.6) is 0 Å². The topological polar surface area (TPSA) is 57.3 Å². The first-order valence-electron chi connectivity index (χ1n) is 6.79. The lowest BCUT2D eigenvalue weighted by atomic mass is 10.2. The fraction of sp³-hybridized carbons (Fsp3) is 0.571. The molecule has 2 N–H and O–H groups in total. The van der Waals surface area contributed by atoms with E-state index in [2.05, 4.69) is 20.5 Å². The summed E-state index contributed by atoms with van der Waals surface area (Å²) in [6, 6.07) is 1.77. The molecule has 5 nitrogen and oxygen atoms in total. The second kappa shape index (κ2) is 8.07. The van der Waals surface area contributed by atoms with Crippen molar-refractivity contribution >= 4 is 23.3 Å². The van der Waals surface area contributed by atoms with Crippen LogP contribution < -0.4 is 10.6 Å². The van der Waals surface area contributed by atoms with E-state index in [1.807, 2.05) is 27.9 Å². The van der Waals surface area contributed by atoms with Gasteiger partial charge in [0, 0.05) is 18.8 Å². The molecule has 1 unspecified atom stereocenters. The number of carbonyl (C=O) groups is 1. The van der Waals surface area contributed by atoms with Crippen molar-refractivity contribution in [2.24, 2.45) is 0 Å². The molecule has 1 amide bonds. The lowest BCUT2D eigenvalue weighted by Crippen LogP contribution is -2.35. The van der Waals surface area contributed by atoms with Crippen LogP contribution >= 0.6 is 11.6 Å². The molecular weight excluding hydrogens is 276 g/mol. The quantitative estimate of drug-likeness (QED) is 0.810. The Morgan fingerprint density at radius 1 is 1.50 bits per heavy atom. The predicted molar refractivity (Wildman–Crippen MR) is 83.5 cm³/mol. The first kappa shape index (κ1) is 16.7. The second-order valence-corrected chi connectivity index (χ2v) is 5.45. The zero-order valence-electron chi connectivity index (χ0n) is 12.5. The summed E-state index contributed by atoms with van der Waals surface area (Å²) < 4.78 is 0. The summed E-state index contributed by atoms with van der Waals surface area (Å²) in [4.78, 5) is 18.4. The SMILES string of the molecule is CCNc1cc(C(=O)NC(C)CCN(C)C)c(Cl)cn1. The third-order valence-electron chi connectivity index (χ3n) is 2.84. The summed E-state index contributed by atoms with van der Waals surface area (Å²) in [5.41, 5.74) is 0.453. The van der Waals surface area contributed by atoms with Crippen molar-refractivity contribution in [1.29, 1.82) is 0 Å². The molecule has 0 fully saturated rings. The summed E-state index contributed by atoms with van der Waals surface area (Å²) in [5, 5.41) is 6.39. The van der Waals surface area contributed by atoms with Gasteiger partial charge in [-0.3, -0.25) is 4.79 Å². The first-order valence-corrected chi connectivity index (χ1v) is 7.16. The van der Waals surface area contributed by atoms with Gasteiger partial charge in [0.1, 0.15) is 5.82 Å². The van der Waals surface area contributed by atoms with Gasteiger partial charge in [-0.05, 0) is 47.0 Å². The lowest BCUT2D eigenvalue weighted by Gasteiger charge is -2.17. The molecule has 1 heterocycles. The standard InChI is InChI=1S/C14H23ClN4O/c1-5-16-13-8-11(12(15)9-17-13)14(20)18-10(2)6-7-19(3)4/h8-10H,5-7H2,1-4H3,(H,16,17)(H,18,20). The molecule has 6 heteroatoms. The van der Waals surface area contributed by atoms with E-state index in [0.717, 1.165) is 19.5 Å². The summed E-state index contributed by atoms with van der Waals surface area (Å²) >= 11 is 6.04. The summed E-state index contributed by atoms with van der Waals surface area (Å²) in [7, 11) is 4.02. The number of aromatic nitrogens is 1. The summed E-state index contributed by atoms with van der Waals surface area (Å²) in [6.45, 7) is 5.63. The van der Waals surface area contributed by atoms with Gasteiger partial charge >= 0.3 is 0 Å². The Bertz CT molecular complexity index is 451. The Morgan fingerprint density at radius 3 is 2.80 bits per heavy atom. The van der Waals surface area contributed by atoms with Crippen molar-refractivity contribution in [2.75, 3.05) is 32.5 Å². The molecule has 0 aliphatic heterocycles. The second-order valence-electron chi connectivity index (χ2n) is 5.05. The fourth-order valence-corrected chi connectivity index (χ4v) is 1.91. The maximum atomic E-state index is 12.2. The first-order chi connectivity index (χ1) is 9.43. The van der Waals surface area contributed by atoms with Gasteiger partial charge in [-0.1, -0.05) is 11.6 Å². The molecule has 0 saturated heterocycles.